The van der Waals surface area contributed by atoms with Gasteiger partial charge in [-0.1, -0.05) is 13.8 Å². The monoisotopic (exact) mass is 275 g/mol. The fraction of sp³-hybridized carbons (Fsp3) is 0.824. The van der Waals surface area contributed by atoms with Crippen molar-refractivity contribution in [3.63, 3.8) is 0 Å². The molecule has 112 valence electrons. The third-order valence-corrected chi connectivity index (χ3v) is 5.46. The zero-order valence-electron chi connectivity index (χ0n) is 13.2. The van der Waals surface area contributed by atoms with E-state index in [2.05, 4.69) is 42.1 Å². The molecule has 0 spiro atoms. The van der Waals surface area contributed by atoms with Gasteiger partial charge >= 0.3 is 0 Å². The van der Waals surface area contributed by atoms with Crippen LogP contribution in [-0.2, 0) is 7.05 Å². The Labute approximate surface area is 123 Å². The summed E-state index contributed by atoms with van der Waals surface area (Å²) >= 11 is 0. The quantitative estimate of drug-likeness (QED) is 0.893. The lowest BCUT2D eigenvalue weighted by atomic mass is 9.69. The summed E-state index contributed by atoms with van der Waals surface area (Å²) in [6, 6.07) is 3.06. The van der Waals surface area contributed by atoms with Gasteiger partial charge in [-0.2, -0.15) is 5.10 Å². The molecule has 1 N–H and O–H groups in total. The molecule has 0 aliphatic heterocycles. The van der Waals surface area contributed by atoms with Crippen molar-refractivity contribution in [3.8, 4) is 0 Å². The summed E-state index contributed by atoms with van der Waals surface area (Å²) in [5.41, 5.74) is 1.44. The summed E-state index contributed by atoms with van der Waals surface area (Å²) in [5, 5.41) is 8.15. The van der Waals surface area contributed by atoms with E-state index in [9.17, 15) is 0 Å². The van der Waals surface area contributed by atoms with Crippen molar-refractivity contribution in [3.05, 3.63) is 18.0 Å². The van der Waals surface area contributed by atoms with E-state index in [0.29, 0.717) is 5.92 Å². The first-order chi connectivity index (χ1) is 9.65. The molecule has 2 aliphatic rings. The fourth-order valence-corrected chi connectivity index (χ4v) is 3.83. The minimum atomic E-state index is 0.690. The van der Waals surface area contributed by atoms with Crippen LogP contribution in [0.2, 0.25) is 0 Å². The maximum Gasteiger partial charge on any atom is 0.0492 e. The van der Waals surface area contributed by atoms with E-state index in [0.717, 1.165) is 23.8 Å². The van der Waals surface area contributed by atoms with Gasteiger partial charge in [0.2, 0.25) is 0 Å². The van der Waals surface area contributed by atoms with E-state index in [1.807, 2.05) is 6.20 Å². The highest BCUT2D eigenvalue weighted by molar-refractivity contribution is 5.11. The second kappa shape index (κ2) is 5.88. The topological polar surface area (TPSA) is 29.9 Å². The molecule has 2 fully saturated rings. The molecule has 1 aromatic rings. The minimum Gasteiger partial charge on any atom is -0.314 e. The van der Waals surface area contributed by atoms with Gasteiger partial charge in [0.25, 0.3) is 0 Å². The van der Waals surface area contributed by atoms with Crippen LogP contribution in [0.3, 0.4) is 0 Å². The molecule has 20 heavy (non-hydrogen) atoms. The first kappa shape index (κ1) is 14.1. The maximum atomic E-state index is 4.40. The smallest absolute Gasteiger partial charge is 0.0492 e. The van der Waals surface area contributed by atoms with Crippen LogP contribution in [0.25, 0.3) is 0 Å². The zero-order chi connectivity index (χ0) is 14.1. The van der Waals surface area contributed by atoms with E-state index in [1.54, 1.807) is 0 Å². The highest BCUT2D eigenvalue weighted by Crippen LogP contribution is 2.43. The Kier molecular flexibility index (Phi) is 4.16. The van der Waals surface area contributed by atoms with Gasteiger partial charge in [-0.05, 0) is 62.5 Å². The molecule has 0 aromatic carbocycles. The SMILES string of the molecule is CC(C)C1CCC(CNC2CC2)C(c2ccnn2C)C1. The average molecular weight is 275 g/mol. The Morgan fingerprint density at radius 3 is 2.70 bits per heavy atom. The Balaban J connectivity index is 1.72. The fourth-order valence-electron chi connectivity index (χ4n) is 3.83. The van der Waals surface area contributed by atoms with Crippen LogP contribution in [0.4, 0.5) is 0 Å². The number of nitrogens with zero attached hydrogens (tertiary/aromatic N) is 2. The van der Waals surface area contributed by atoms with Crippen LogP contribution in [0.1, 0.15) is 57.6 Å². The van der Waals surface area contributed by atoms with Gasteiger partial charge in [0.1, 0.15) is 0 Å². The van der Waals surface area contributed by atoms with Crippen molar-refractivity contribution >= 4 is 0 Å². The summed E-state index contributed by atoms with van der Waals surface area (Å²) in [6.45, 7) is 5.97. The highest BCUT2D eigenvalue weighted by Gasteiger charge is 2.35. The second-order valence-electron chi connectivity index (χ2n) is 7.25. The van der Waals surface area contributed by atoms with Crippen molar-refractivity contribution in [2.45, 2.75) is 57.9 Å². The summed E-state index contributed by atoms with van der Waals surface area (Å²) in [6.07, 6.45) is 8.85. The Morgan fingerprint density at radius 1 is 1.30 bits per heavy atom. The standard InChI is InChI=1S/C17H29N3/c1-12(2)13-4-5-14(11-18-15-6-7-15)16(10-13)17-8-9-19-20(17)3/h8-9,12-16,18H,4-7,10-11H2,1-3H3. The number of rotatable bonds is 5. The summed E-state index contributed by atoms with van der Waals surface area (Å²) in [5.74, 6) is 3.17. The molecule has 0 radical (unpaired) electrons. The Hall–Kier alpha value is -0.830. The third kappa shape index (κ3) is 3.08. The largest absolute Gasteiger partial charge is 0.314 e. The Morgan fingerprint density at radius 2 is 2.10 bits per heavy atom. The van der Waals surface area contributed by atoms with Gasteiger partial charge in [-0.25, -0.2) is 0 Å². The molecule has 3 atom stereocenters. The molecule has 0 bridgehead atoms. The molecule has 1 aromatic heterocycles. The molecular weight excluding hydrogens is 246 g/mol. The lowest BCUT2D eigenvalue weighted by Gasteiger charge is -2.38. The van der Waals surface area contributed by atoms with Gasteiger partial charge in [-0.15, -0.1) is 0 Å². The predicted octanol–water partition coefficient (Wildman–Crippen LogP) is 3.33. The minimum absolute atomic E-state index is 0.690. The van der Waals surface area contributed by atoms with Crippen LogP contribution < -0.4 is 5.32 Å². The molecule has 0 saturated heterocycles. The highest BCUT2D eigenvalue weighted by atomic mass is 15.3. The van der Waals surface area contributed by atoms with Crippen molar-refractivity contribution in [1.82, 2.24) is 15.1 Å². The predicted molar refractivity (Wildman–Crippen MR) is 82.6 cm³/mol. The average Bonchev–Trinajstić information content (AvgIpc) is 3.17. The molecular formula is C17H29N3. The van der Waals surface area contributed by atoms with Gasteiger partial charge in [0.15, 0.2) is 0 Å². The van der Waals surface area contributed by atoms with Crippen LogP contribution in [0.5, 0.6) is 0 Å². The summed E-state index contributed by atoms with van der Waals surface area (Å²) in [4.78, 5) is 0. The van der Waals surface area contributed by atoms with Gasteiger partial charge < -0.3 is 5.32 Å². The van der Waals surface area contributed by atoms with E-state index in [4.69, 9.17) is 0 Å². The number of aryl methyl sites for hydroxylation is 1. The molecule has 3 rings (SSSR count). The van der Waals surface area contributed by atoms with E-state index in [1.165, 1.54) is 44.3 Å². The number of aromatic nitrogens is 2. The molecule has 2 saturated carbocycles. The van der Waals surface area contributed by atoms with E-state index in [-0.39, 0.29) is 0 Å². The lowest BCUT2D eigenvalue weighted by molar-refractivity contribution is 0.185. The zero-order valence-corrected chi connectivity index (χ0v) is 13.2. The van der Waals surface area contributed by atoms with Crippen molar-refractivity contribution < 1.29 is 0 Å². The Bertz CT molecular complexity index is 433. The van der Waals surface area contributed by atoms with Crippen LogP contribution in [0.15, 0.2) is 12.3 Å². The van der Waals surface area contributed by atoms with Crippen molar-refractivity contribution in [2.75, 3.05) is 6.54 Å². The molecule has 3 nitrogen and oxygen atoms in total. The van der Waals surface area contributed by atoms with Gasteiger partial charge in [-0.3, -0.25) is 4.68 Å². The molecule has 2 aliphatic carbocycles. The third-order valence-electron chi connectivity index (χ3n) is 5.46. The van der Waals surface area contributed by atoms with Crippen LogP contribution in [-0.4, -0.2) is 22.4 Å². The molecule has 0 amide bonds. The second-order valence-corrected chi connectivity index (χ2v) is 7.25. The van der Waals surface area contributed by atoms with E-state index < -0.39 is 0 Å². The molecule has 3 heteroatoms. The number of nitrogens with one attached hydrogen (secondary N) is 1. The lowest BCUT2D eigenvalue weighted by Crippen LogP contribution is -2.34. The summed E-state index contributed by atoms with van der Waals surface area (Å²) < 4.78 is 2.09. The molecule has 1 heterocycles. The van der Waals surface area contributed by atoms with Gasteiger partial charge in [0, 0.05) is 30.9 Å². The van der Waals surface area contributed by atoms with Gasteiger partial charge in [0.05, 0.1) is 0 Å². The van der Waals surface area contributed by atoms with Crippen LogP contribution >= 0.6 is 0 Å². The van der Waals surface area contributed by atoms with E-state index >= 15 is 0 Å². The van der Waals surface area contributed by atoms with Crippen molar-refractivity contribution in [2.24, 2.45) is 24.8 Å². The van der Waals surface area contributed by atoms with Crippen LogP contribution in [0, 0.1) is 17.8 Å². The molecule has 3 unspecified atom stereocenters. The first-order valence-corrected chi connectivity index (χ1v) is 8.36. The maximum absolute atomic E-state index is 4.40. The summed E-state index contributed by atoms with van der Waals surface area (Å²) in [7, 11) is 2.10. The normalized spacial score (nSPS) is 30.9. The number of hydrogen-bond donors (Lipinski definition) is 1. The first-order valence-electron chi connectivity index (χ1n) is 8.36. The van der Waals surface area contributed by atoms with Crippen molar-refractivity contribution in [1.29, 1.82) is 0 Å². The number of hydrogen-bond acceptors (Lipinski definition) is 2.